The van der Waals surface area contributed by atoms with Crippen LogP contribution < -0.4 is 10.1 Å². The van der Waals surface area contributed by atoms with E-state index in [0.717, 1.165) is 4.90 Å². The smallest absolute Gasteiger partial charge is 0.269 e. The molecule has 1 atom stereocenters. The lowest BCUT2D eigenvalue weighted by Crippen LogP contribution is -2.22. The van der Waals surface area contributed by atoms with Gasteiger partial charge in [0.25, 0.3) is 5.69 Å². The van der Waals surface area contributed by atoms with Gasteiger partial charge in [-0.25, -0.2) is 0 Å². The zero-order valence-electron chi connectivity index (χ0n) is 14.8. The van der Waals surface area contributed by atoms with Crippen LogP contribution in [0.15, 0.2) is 53.4 Å². The van der Waals surface area contributed by atoms with Crippen molar-refractivity contribution in [1.82, 2.24) is 0 Å². The molecule has 2 rings (SSSR count). The number of carbonyl (C=O) groups excluding carboxylic acids is 1. The van der Waals surface area contributed by atoms with Crippen molar-refractivity contribution in [3.63, 3.8) is 0 Å². The molecule has 8 heteroatoms. The van der Waals surface area contributed by atoms with Crippen LogP contribution >= 0.6 is 11.8 Å². The second-order valence-electron chi connectivity index (χ2n) is 5.64. The van der Waals surface area contributed by atoms with Crippen molar-refractivity contribution in [3.05, 3.63) is 58.6 Å². The summed E-state index contributed by atoms with van der Waals surface area (Å²) in [6.07, 6.45) is 1.09. The van der Waals surface area contributed by atoms with Crippen molar-refractivity contribution in [2.24, 2.45) is 0 Å². The summed E-state index contributed by atoms with van der Waals surface area (Å²) >= 11 is 1.32. The second kappa shape index (κ2) is 10.2. The van der Waals surface area contributed by atoms with Crippen LogP contribution in [0.2, 0.25) is 0 Å². The first kappa shape index (κ1) is 20.3. The minimum absolute atomic E-state index is 0.0167. The minimum Gasteiger partial charge on any atom is -0.493 e. The predicted octanol–water partition coefficient (Wildman–Crippen LogP) is 4.40. The van der Waals surface area contributed by atoms with E-state index in [1.54, 1.807) is 43.3 Å². The fraction of sp³-hybridized carbons (Fsp3) is 0.263. The van der Waals surface area contributed by atoms with Crippen LogP contribution in [0.1, 0.15) is 19.8 Å². The van der Waals surface area contributed by atoms with Gasteiger partial charge in [0, 0.05) is 35.2 Å². The Morgan fingerprint density at radius 1 is 1.33 bits per heavy atom. The lowest BCUT2D eigenvalue weighted by molar-refractivity contribution is -0.384. The monoisotopic (exact) mass is 385 g/mol. The maximum atomic E-state index is 12.4. The van der Waals surface area contributed by atoms with E-state index in [4.69, 9.17) is 10.00 Å². The normalized spacial score (nSPS) is 11.3. The molecule has 0 aliphatic heterocycles. The first-order chi connectivity index (χ1) is 13.0. The molecule has 0 spiro atoms. The molecule has 0 saturated heterocycles. The van der Waals surface area contributed by atoms with Gasteiger partial charge in [-0.05, 0) is 37.6 Å². The molecule has 27 heavy (non-hydrogen) atoms. The Bertz CT molecular complexity index is 834. The van der Waals surface area contributed by atoms with E-state index in [1.807, 2.05) is 0 Å². The molecule has 7 nitrogen and oxygen atoms in total. The zero-order valence-corrected chi connectivity index (χ0v) is 15.6. The highest BCUT2D eigenvalue weighted by molar-refractivity contribution is 8.00. The lowest BCUT2D eigenvalue weighted by Gasteiger charge is -2.13. The molecule has 1 amide bonds. The number of nitro groups is 1. The van der Waals surface area contributed by atoms with Gasteiger partial charge < -0.3 is 10.1 Å². The third-order valence-electron chi connectivity index (χ3n) is 3.53. The van der Waals surface area contributed by atoms with Gasteiger partial charge in [-0.1, -0.05) is 6.07 Å². The highest BCUT2D eigenvalue weighted by Gasteiger charge is 2.15. The lowest BCUT2D eigenvalue weighted by atomic mass is 10.3. The molecule has 0 bridgehead atoms. The summed E-state index contributed by atoms with van der Waals surface area (Å²) in [5.41, 5.74) is 0.636. The van der Waals surface area contributed by atoms with Gasteiger partial charge in [-0.3, -0.25) is 14.9 Å². The van der Waals surface area contributed by atoms with Gasteiger partial charge in [-0.15, -0.1) is 11.8 Å². The van der Waals surface area contributed by atoms with Gasteiger partial charge in [0.05, 0.1) is 22.8 Å². The van der Waals surface area contributed by atoms with Gasteiger partial charge in [0.15, 0.2) is 0 Å². The Kier molecular flexibility index (Phi) is 7.64. The molecule has 0 aliphatic carbocycles. The Morgan fingerprint density at radius 2 is 2.07 bits per heavy atom. The molecule has 0 aromatic heterocycles. The summed E-state index contributed by atoms with van der Waals surface area (Å²) in [4.78, 5) is 23.4. The van der Waals surface area contributed by atoms with Crippen molar-refractivity contribution < 1.29 is 14.5 Å². The summed E-state index contributed by atoms with van der Waals surface area (Å²) < 4.78 is 5.55. The van der Waals surface area contributed by atoms with Gasteiger partial charge in [-0.2, -0.15) is 5.26 Å². The van der Waals surface area contributed by atoms with Crippen molar-refractivity contribution >= 4 is 29.0 Å². The van der Waals surface area contributed by atoms with E-state index in [0.29, 0.717) is 30.9 Å². The number of nitrogens with one attached hydrogen (secondary N) is 1. The second-order valence-corrected chi connectivity index (χ2v) is 7.05. The number of amides is 1. The summed E-state index contributed by atoms with van der Waals surface area (Å²) in [5.74, 6) is 0.446. The van der Waals surface area contributed by atoms with E-state index in [-0.39, 0.29) is 16.8 Å². The van der Waals surface area contributed by atoms with Gasteiger partial charge in [0.2, 0.25) is 5.91 Å². The van der Waals surface area contributed by atoms with Crippen molar-refractivity contribution in [2.45, 2.75) is 29.9 Å². The summed E-state index contributed by atoms with van der Waals surface area (Å²) in [7, 11) is 0. The molecule has 1 N–H and O–H groups in total. The number of ether oxygens (including phenoxy) is 1. The Hall–Kier alpha value is -3.05. The number of nitrogens with zero attached hydrogens (tertiary/aromatic N) is 2. The minimum atomic E-state index is -0.458. The molecule has 0 saturated carbocycles. The number of nitro benzene ring substituents is 1. The molecule has 0 heterocycles. The standard InChI is InChI=1S/C19H19N3O4S/c1-14(27-18-9-7-16(8-10-18)22(24)25)19(23)21-15-5-4-6-17(13-15)26-12-3-2-11-20/h4-10,13-14H,2-3,12H2,1H3,(H,21,23). The third kappa shape index (κ3) is 6.64. The van der Waals surface area contributed by atoms with Crippen LogP contribution in [-0.4, -0.2) is 22.7 Å². The predicted molar refractivity (Wildman–Crippen MR) is 104 cm³/mol. The highest BCUT2D eigenvalue weighted by atomic mass is 32.2. The largest absolute Gasteiger partial charge is 0.493 e. The number of benzene rings is 2. The molecule has 140 valence electrons. The number of thioether (sulfide) groups is 1. The summed E-state index contributed by atoms with van der Waals surface area (Å²) in [5, 5.41) is 21.6. The molecular weight excluding hydrogens is 366 g/mol. The van der Waals surface area contributed by atoms with Crippen LogP contribution in [0.25, 0.3) is 0 Å². The molecule has 1 unspecified atom stereocenters. The van der Waals surface area contributed by atoms with E-state index < -0.39 is 4.92 Å². The fourth-order valence-electron chi connectivity index (χ4n) is 2.15. The number of anilines is 1. The molecule has 0 radical (unpaired) electrons. The number of hydrogen-bond donors (Lipinski definition) is 1. The van der Waals surface area contributed by atoms with Crippen LogP contribution in [0.4, 0.5) is 11.4 Å². The van der Waals surface area contributed by atoms with Gasteiger partial charge in [0.1, 0.15) is 5.75 Å². The van der Waals surface area contributed by atoms with Crippen molar-refractivity contribution in [1.29, 1.82) is 5.26 Å². The van der Waals surface area contributed by atoms with Crippen LogP contribution in [-0.2, 0) is 4.79 Å². The van der Waals surface area contributed by atoms with Crippen LogP contribution in [0.5, 0.6) is 5.75 Å². The van der Waals surface area contributed by atoms with E-state index in [1.165, 1.54) is 23.9 Å². The molecular formula is C19H19N3O4S. The topological polar surface area (TPSA) is 105 Å². The molecule has 0 aliphatic rings. The van der Waals surface area contributed by atoms with Gasteiger partial charge >= 0.3 is 0 Å². The fourth-order valence-corrected chi connectivity index (χ4v) is 3.02. The maximum absolute atomic E-state index is 12.4. The van der Waals surface area contributed by atoms with Crippen LogP contribution in [0.3, 0.4) is 0 Å². The van der Waals surface area contributed by atoms with E-state index in [9.17, 15) is 14.9 Å². The summed E-state index contributed by atoms with van der Waals surface area (Å²) in [6, 6.07) is 15.2. The first-order valence-corrected chi connectivity index (χ1v) is 9.19. The van der Waals surface area contributed by atoms with Crippen molar-refractivity contribution in [2.75, 3.05) is 11.9 Å². The average Bonchev–Trinajstić information content (AvgIpc) is 2.66. The maximum Gasteiger partial charge on any atom is 0.269 e. The average molecular weight is 385 g/mol. The quantitative estimate of drug-likeness (QED) is 0.297. The number of non-ortho nitro benzene ring substituents is 1. The number of unbranched alkanes of at least 4 members (excludes halogenated alkanes) is 1. The van der Waals surface area contributed by atoms with Crippen LogP contribution in [0, 0.1) is 21.4 Å². The number of rotatable bonds is 9. The third-order valence-corrected chi connectivity index (χ3v) is 4.64. The number of hydrogen-bond acceptors (Lipinski definition) is 6. The molecule has 0 fully saturated rings. The Balaban J connectivity index is 1.90. The SMILES string of the molecule is CC(Sc1ccc([N+](=O)[O-])cc1)C(=O)Nc1cccc(OCCCC#N)c1. The first-order valence-electron chi connectivity index (χ1n) is 8.31. The number of carbonyl (C=O) groups is 1. The van der Waals surface area contributed by atoms with E-state index in [2.05, 4.69) is 11.4 Å². The number of nitriles is 1. The van der Waals surface area contributed by atoms with E-state index >= 15 is 0 Å². The van der Waals surface area contributed by atoms with Crippen molar-refractivity contribution in [3.8, 4) is 11.8 Å². The Labute approximate surface area is 161 Å². The molecule has 2 aromatic carbocycles. The zero-order chi connectivity index (χ0) is 19.6. The highest BCUT2D eigenvalue weighted by Crippen LogP contribution is 2.26. The molecule has 2 aromatic rings. The Morgan fingerprint density at radius 3 is 2.74 bits per heavy atom. The summed E-state index contributed by atoms with van der Waals surface area (Å²) in [6.45, 7) is 2.21.